The van der Waals surface area contributed by atoms with E-state index in [4.69, 9.17) is 10.5 Å². The molecule has 0 bridgehead atoms. The second-order valence-electron chi connectivity index (χ2n) is 6.72. The Morgan fingerprint density at radius 3 is 2.50 bits per heavy atom. The number of nitrogens with zero attached hydrogens (tertiary/aromatic N) is 1. The molecule has 0 fully saturated rings. The average molecular weight is 326 g/mol. The summed E-state index contributed by atoms with van der Waals surface area (Å²) in [6.07, 6.45) is 4.28. The molecule has 0 aliphatic heterocycles. The molecule has 0 saturated carbocycles. The third-order valence-electron chi connectivity index (χ3n) is 4.00. The fourth-order valence-electron chi connectivity index (χ4n) is 2.53. The van der Waals surface area contributed by atoms with Crippen LogP contribution < -0.4 is 5.73 Å². The van der Waals surface area contributed by atoms with Crippen LogP contribution in [0.1, 0.15) is 39.2 Å². The summed E-state index contributed by atoms with van der Waals surface area (Å²) in [6.45, 7) is 6.44. The van der Waals surface area contributed by atoms with E-state index < -0.39 is 5.41 Å². The van der Waals surface area contributed by atoms with E-state index in [-0.39, 0.29) is 5.97 Å². The highest BCUT2D eigenvalue weighted by molar-refractivity contribution is 5.76. The fraction of sp³-hybridized carbons (Fsp3) is 0.400. The van der Waals surface area contributed by atoms with Gasteiger partial charge in [0.1, 0.15) is 5.82 Å². The van der Waals surface area contributed by atoms with E-state index in [0.717, 1.165) is 29.5 Å². The van der Waals surface area contributed by atoms with E-state index in [1.165, 1.54) is 0 Å². The molecule has 4 nitrogen and oxygen atoms in total. The van der Waals surface area contributed by atoms with Gasteiger partial charge in [-0.1, -0.05) is 37.6 Å². The molecule has 0 aliphatic carbocycles. The number of carbonyl (C=O) groups is 1. The van der Waals surface area contributed by atoms with Crippen LogP contribution in [0.5, 0.6) is 0 Å². The van der Waals surface area contributed by atoms with Crippen molar-refractivity contribution in [3.8, 4) is 11.1 Å². The van der Waals surface area contributed by atoms with Gasteiger partial charge in [-0.15, -0.1) is 0 Å². The second kappa shape index (κ2) is 7.95. The number of aromatic nitrogens is 1. The molecule has 2 rings (SSSR count). The van der Waals surface area contributed by atoms with Gasteiger partial charge in [-0.3, -0.25) is 4.79 Å². The topological polar surface area (TPSA) is 65.2 Å². The number of ether oxygens (including phenoxy) is 1. The molecular formula is C20H26N2O2. The number of benzene rings is 1. The maximum absolute atomic E-state index is 12.2. The first-order valence-corrected chi connectivity index (χ1v) is 8.40. The van der Waals surface area contributed by atoms with Gasteiger partial charge in [0.25, 0.3) is 0 Å². The van der Waals surface area contributed by atoms with E-state index >= 15 is 0 Å². The van der Waals surface area contributed by atoms with Crippen molar-refractivity contribution >= 4 is 11.8 Å². The summed E-state index contributed by atoms with van der Waals surface area (Å²) < 4.78 is 5.37. The Morgan fingerprint density at radius 1 is 1.17 bits per heavy atom. The number of carbonyl (C=O) groups excluding carboxylic acids is 1. The van der Waals surface area contributed by atoms with Crippen LogP contribution in [0.15, 0.2) is 42.6 Å². The maximum Gasteiger partial charge on any atom is 0.311 e. The van der Waals surface area contributed by atoms with E-state index in [2.05, 4.69) is 11.9 Å². The number of nitrogens with two attached hydrogens (primary N) is 1. The monoisotopic (exact) mass is 326 g/mol. The minimum atomic E-state index is -0.531. The number of anilines is 1. The van der Waals surface area contributed by atoms with Crippen LogP contribution in [0.2, 0.25) is 0 Å². The molecule has 0 unspecified atom stereocenters. The van der Waals surface area contributed by atoms with Crippen molar-refractivity contribution in [1.82, 2.24) is 4.98 Å². The molecular weight excluding hydrogens is 300 g/mol. The van der Waals surface area contributed by atoms with Crippen LogP contribution in [0, 0.1) is 5.41 Å². The Balaban J connectivity index is 2.04. The Kier molecular flexibility index (Phi) is 5.96. The first kappa shape index (κ1) is 18.0. The van der Waals surface area contributed by atoms with Gasteiger partial charge in [-0.25, -0.2) is 4.98 Å². The lowest BCUT2D eigenvalue weighted by molar-refractivity contribution is -0.154. The third kappa shape index (κ3) is 4.82. The molecule has 0 saturated heterocycles. The molecule has 0 spiro atoms. The number of hydrogen-bond donors (Lipinski definition) is 1. The van der Waals surface area contributed by atoms with Crippen LogP contribution in [0.25, 0.3) is 11.1 Å². The second-order valence-corrected chi connectivity index (χ2v) is 6.72. The van der Waals surface area contributed by atoms with Crippen LogP contribution in [0.3, 0.4) is 0 Å². The summed E-state index contributed by atoms with van der Waals surface area (Å²) in [6, 6.07) is 12.0. The molecule has 0 atom stereocenters. The van der Waals surface area contributed by atoms with E-state index in [1.807, 2.05) is 50.2 Å². The molecule has 24 heavy (non-hydrogen) atoms. The number of nitrogen functional groups attached to an aromatic ring is 1. The summed E-state index contributed by atoms with van der Waals surface area (Å²) in [5.74, 6) is 0.370. The number of hydrogen-bond acceptors (Lipinski definition) is 4. The van der Waals surface area contributed by atoms with Gasteiger partial charge in [0.15, 0.2) is 0 Å². The Hall–Kier alpha value is -2.36. The van der Waals surface area contributed by atoms with Gasteiger partial charge in [0.05, 0.1) is 12.0 Å². The van der Waals surface area contributed by atoms with Crippen molar-refractivity contribution in [2.45, 2.75) is 40.0 Å². The molecule has 0 aliphatic rings. The molecule has 2 aromatic rings. The first-order valence-electron chi connectivity index (χ1n) is 8.40. The average Bonchev–Trinajstić information content (AvgIpc) is 2.55. The van der Waals surface area contributed by atoms with Crippen LogP contribution in [-0.2, 0) is 16.0 Å². The van der Waals surface area contributed by atoms with Crippen molar-refractivity contribution in [2.24, 2.45) is 5.41 Å². The van der Waals surface area contributed by atoms with Gasteiger partial charge in [-0.05, 0) is 55.5 Å². The lowest BCUT2D eigenvalue weighted by Gasteiger charge is -2.22. The zero-order chi connectivity index (χ0) is 17.6. The highest BCUT2D eigenvalue weighted by atomic mass is 16.5. The molecule has 0 amide bonds. The molecule has 1 aromatic carbocycles. The van der Waals surface area contributed by atoms with E-state index in [9.17, 15) is 4.79 Å². The normalized spacial score (nSPS) is 11.3. The summed E-state index contributed by atoms with van der Waals surface area (Å²) in [7, 11) is 0. The zero-order valence-corrected chi connectivity index (χ0v) is 14.7. The Bertz CT molecular complexity index is 678. The SMILES string of the molecule is CCCCOC(=O)C(C)(C)Cc1ccc(-c2ccnc(N)c2)cc1. The molecule has 128 valence electrons. The zero-order valence-electron chi connectivity index (χ0n) is 14.7. The predicted molar refractivity (Wildman–Crippen MR) is 97.4 cm³/mol. The minimum Gasteiger partial charge on any atom is -0.465 e. The van der Waals surface area contributed by atoms with Gasteiger partial charge >= 0.3 is 5.97 Å². The third-order valence-corrected chi connectivity index (χ3v) is 4.00. The molecule has 4 heteroatoms. The van der Waals surface area contributed by atoms with Crippen LogP contribution >= 0.6 is 0 Å². The standard InChI is InChI=1S/C20H26N2O2/c1-4-5-12-24-19(23)20(2,3)14-15-6-8-16(9-7-15)17-10-11-22-18(21)13-17/h6-11,13H,4-5,12,14H2,1-3H3,(H2,21,22). The van der Waals surface area contributed by atoms with Crippen molar-refractivity contribution in [3.63, 3.8) is 0 Å². The highest BCUT2D eigenvalue weighted by Crippen LogP contribution is 2.26. The lowest BCUT2D eigenvalue weighted by Crippen LogP contribution is -2.29. The van der Waals surface area contributed by atoms with Crippen LogP contribution in [0.4, 0.5) is 5.82 Å². The summed E-state index contributed by atoms with van der Waals surface area (Å²) in [5, 5.41) is 0. The van der Waals surface area contributed by atoms with Crippen molar-refractivity contribution in [1.29, 1.82) is 0 Å². The number of unbranched alkanes of at least 4 members (excludes halogenated alkanes) is 1. The lowest BCUT2D eigenvalue weighted by atomic mass is 9.85. The number of rotatable bonds is 7. The Labute approximate surface area is 144 Å². The minimum absolute atomic E-state index is 0.137. The van der Waals surface area contributed by atoms with Crippen LogP contribution in [-0.4, -0.2) is 17.6 Å². The molecule has 0 radical (unpaired) electrons. The van der Waals surface area contributed by atoms with Crippen molar-refractivity contribution < 1.29 is 9.53 Å². The van der Waals surface area contributed by atoms with Crippen molar-refractivity contribution in [3.05, 3.63) is 48.2 Å². The summed E-state index contributed by atoms with van der Waals surface area (Å²) in [5.41, 5.74) is 8.42. The molecule has 1 heterocycles. The summed E-state index contributed by atoms with van der Waals surface area (Å²) in [4.78, 5) is 16.2. The van der Waals surface area contributed by atoms with Gasteiger partial charge in [0, 0.05) is 6.20 Å². The largest absolute Gasteiger partial charge is 0.465 e. The smallest absolute Gasteiger partial charge is 0.311 e. The van der Waals surface area contributed by atoms with Gasteiger partial charge in [0.2, 0.25) is 0 Å². The summed E-state index contributed by atoms with van der Waals surface area (Å²) >= 11 is 0. The molecule has 2 N–H and O–H groups in total. The number of pyridine rings is 1. The van der Waals surface area contributed by atoms with Gasteiger partial charge in [-0.2, -0.15) is 0 Å². The Morgan fingerprint density at radius 2 is 1.88 bits per heavy atom. The van der Waals surface area contributed by atoms with E-state index in [0.29, 0.717) is 18.8 Å². The first-order chi connectivity index (χ1) is 11.4. The number of esters is 1. The van der Waals surface area contributed by atoms with E-state index in [1.54, 1.807) is 6.20 Å². The quantitative estimate of drug-likeness (QED) is 0.610. The molecule has 1 aromatic heterocycles. The highest BCUT2D eigenvalue weighted by Gasteiger charge is 2.29. The van der Waals surface area contributed by atoms with Gasteiger partial charge < -0.3 is 10.5 Å². The fourth-order valence-corrected chi connectivity index (χ4v) is 2.53. The predicted octanol–water partition coefficient (Wildman–Crippen LogP) is 4.24. The van der Waals surface area contributed by atoms with Crippen molar-refractivity contribution in [2.75, 3.05) is 12.3 Å². The maximum atomic E-state index is 12.2.